The smallest absolute Gasteiger partial charge is 0.161 e. The average molecular weight is 369 g/mol. The van der Waals surface area contributed by atoms with Crippen LogP contribution >= 0.6 is 8.19 Å². The molecule has 3 aromatic rings. The molecule has 0 bridgehead atoms. The lowest BCUT2D eigenvalue weighted by Crippen LogP contribution is -2.44. The van der Waals surface area contributed by atoms with Crippen molar-refractivity contribution >= 4 is 24.5 Å². The fraction of sp³-hybridized carbons (Fsp3) is 0.350. The van der Waals surface area contributed by atoms with Crippen LogP contribution in [0.2, 0.25) is 0 Å². The van der Waals surface area contributed by atoms with E-state index >= 15 is 0 Å². The van der Waals surface area contributed by atoms with Crippen molar-refractivity contribution in [1.29, 1.82) is 0 Å². The Morgan fingerprint density at radius 3 is 2.42 bits per heavy atom. The number of rotatable bonds is 4. The summed E-state index contributed by atoms with van der Waals surface area (Å²) in [6, 6.07) is 12.7. The number of benzene rings is 2. The van der Waals surface area contributed by atoms with E-state index in [0.29, 0.717) is 8.19 Å². The molecule has 5 nitrogen and oxygen atoms in total. The first-order valence-corrected chi connectivity index (χ1v) is 9.83. The first-order chi connectivity index (χ1) is 12.7. The van der Waals surface area contributed by atoms with Crippen molar-refractivity contribution in [3.05, 3.63) is 36.4 Å². The standard InChI is InChI=1S/C20H24N3O2P/c1-22-8-10-23(11-9-22)15-5-6-16-19(13-15)26-20(21-16)14-4-7-17(24-2)18(12-14)25-3/h4-7,12-13,26H,8-11H2,1-3H3. The van der Waals surface area contributed by atoms with E-state index in [2.05, 4.69) is 41.1 Å². The molecule has 26 heavy (non-hydrogen) atoms. The third-order valence-electron chi connectivity index (χ3n) is 4.99. The van der Waals surface area contributed by atoms with Crippen LogP contribution in [0.25, 0.3) is 21.6 Å². The van der Waals surface area contributed by atoms with Gasteiger partial charge in [-0.3, -0.25) is 0 Å². The molecule has 1 aromatic heterocycles. The fourth-order valence-electron chi connectivity index (χ4n) is 3.38. The van der Waals surface area contributed by atoms with Crippen molar-refractivity contribution < 1.29 is 9.47 Å². The Bertz CT molecular complexity index is 917. The van der Waals surface area contributed by atoms with Crippen molar-refractivity contribution in [1.82, 2.24) is 9.88 Å². The molecule has 1 unspecified atom stereocenters. The van der Waals surface area contributed by atoms with Crippen LogP contribution in [0.1, 0.15) is 0 Å². The van der Waals surface area contributed by atoms with Gasteiger partial charge in [-0.1, -0.05) is 0 Å². The van der Waals surface area contributed by atoms with Crippen LogP contribution in [0.3, 0.4) is 0 Å². The minimum Gasteiger partial charge on any atom is -0.493 e. The van der Waals surface area contributed by atoms with E-state index in [4.69, 9.17) is 14.5 Å². The first kappa shape index (κ1) is 17.2. The number of anilines is 1. The summed E-state index contributed by atoms with van der Waals surface area (Å²) in [7, 11) is 6.07. The van der Waals surface area contributed by atoms with Gasteiger partial charge in [-0.2, -0.15) is 0 Å². The average Bonchev–Trinajstić information content (AvgIpc) is 3.11. The van der Waals surface area contributed by atoms with Crippen molar-refractivity contribution in [2.24, 2.45) is 0 Å². The largest absolute Gasteiger partial charge is 0.493 e. The Morgan fingerprint density at radius 1 is 0.923 bits per heavy atom. The van der Waals surface area contributed by atoms with Gasteiger partial charge in [0.1, 0.15) is 0 Å². The minimum atomic E-state index is 0.566. The number of aromatic nitrogens is 1. The maximum absolute atomic E-state index is 5.43. The summed E-state index contributed by atoms with van der Waals surface area (Å²) in [4.78, 5) is 9.71. The molecular formula is C20H24N3O2P. The SMILES string of the molecule is COc1ccc(-c2nc3ccc(N4CCN(C)CC4)cc3[pH]2)cc1OC. The quantitative estimate of drug-likeness (QED) is 0.701. The minimum absolute atomic E-state index is 0.566. The number of piperazine rings is 1. The lowest BCUT2D eigenvalue weighted by molar-refractivity contribution is 0.313. The topological polar surface area (TPSA) is 37.8 Å². The van der Waals surface area contributed by atoms with E-state index in [1.165, 1.54) is 10.8 Å². The van der Waals surface area contributed by atoms with Crippen molar-refractivity contribution in [2.75, 3.05) is 52.3 Å². The molecule has 0 amide bonds. The zero-order chi connectivity index (χ0) is 18.1. The lowest BCUT2D eigenvalue weighted by atomic mass is 10.2. The Labute approximate surface area is 155 Å². The van der Waals surface area contributed by atoms with Crippen molar-refractivity contribution in [2.45, 2.75) is 0 Å². The molecule has 1 aliphatic rings. The fourth-order valence-corrected chi connectivity index (χ4v) is 4.60. The van der Waals surface area contributed by atoms with Crippen LogP contribution in [0.15, 0.2) is 36.4 Å². The Hall–Kier alpha value is -2.23. The monoisotopic (exact) mass is 369 g/mol. The zero-order valence-electron chi connectivity index (χ0n) is 15.5. The third-order valence-corrected chi connectivity index (χ3v) is 6.30. The van der Waals surface area contributed by atoms with Gasteiger partial charge in [0.15, 0.2) is 11.5 Å². The number of methoxy groups -OCH3 is 2. The Balaban J connectivity index is 1.65. The molecule has 1 saturated heterocycles. The van der Waals surface area contributed by atoms with Gasteiger partial charge in [0, 0.05) is 42.5 Å². The van der Waals surface area contributed by atoms with E-state index in [1.807, 2.05) is 12.1 Å². The first-order valence-electron chi connectivity index (χ1n) is 8.83. The lowest BCUT2D eigenvalue weighted by Gasteiger charge is -2.34. The van der Waals surface area contributed by atoms with Gasteiger partial charge in [0.25, 0.3) is 0 Å². The number of nitrogens with zero attached hydrogens (tertiary/aromatic N) is 3. The van der Waals surface area contributed by atoms with Crippen molar-refractivity contribution in [3.63, 3.8) is 0 Å². The van der Waals surface area contributed by atoms with Gasteiger partial charge in [0.2, 0.25) is 0 Å². The summed E-state index contributed by atoms with van der Waals surface area (Å²) in [5.41, 5.74) is 4.61. The summed E-state index contributed by atoms with van der Waals surface area (Å²) >= 11 is 0. The van der Waals surface area contributed by atoms with Gasteiger partial charge < -0.3 is 19.3 Å². The molecule has 2 aromatic carbocycles. The number of hydrogen-bond donors (Lipinski definition) is 0. The van der Waals surface area contributed by atoms with Gasteiger partial charge >= 0.3 is 0 Å². The van der Waals surface area contributed by atoms with E-state index in [-0.39, 0.29) is 0 Å². The van der Waals surface area contributed by atoms with E-state index in [0.717, 1.165) is 54.2 Å². The molecule has 0 spiro atoms. The maximum atomic E-state index is 5.43. The Kier molecular flexibility index (Phi) is 4.75. The second-order valence-electron chi connectivity index (χ2n) is 6.65. The molecule has 1 aliphatic heterocycles. The highest BCUT2D eigenvalue weighted by Gasteiger charge is 2.15. The number of fused-ring (bicyclic) bond motifs is 1. The molecule has 1 fully saturated rings. The van der Waals surface area contributed by atoms with Crippen LogP contribution in [-0.2, 0) is 0 Å². The highest BCUT2D eigenvalue weighted by atomic mass is 31.0. The van der Waals surface area contributed by atoms with Crippen LogP contribution < -0.4 is 14.4 Å². The van der Waals surface area contributed by atoms with Gasteiger partial charge in [0.05, 0.1) is 25.2 Å². The normalized spacial score (nSPS) is 15.7. The van der Waals surface area contributed by atoms with Crippen molar-refractivity contribution in [3.8, 4) is 22.5 Å². The van der Waals surface area contributed by atoms with E-state index < -0.39 is 0 Å². The summed E-state index contributed by atoms with van der Waals surface area (Å²) < 4.78 is 10.8. The summed E-state index contributed by atoms with van der Waals surface area (Å²) in [6.07, 6.45) is 0. The molecule has 0 radical (unpaired) electrons. The molecular weight excluding hydrogens is 345 g/mol. The highest BCUT2D eigenvalue weighted by molar-refractivity contribution is 7.40. The zero-order valence-corrected chi connectivity index (χ0v) is 16.5. The maximum Gasteiger partial charge on any atom is 0.161 e. The molecule has 0 saturated carbocycles. The predicted molar refractivity (Wildman–Crippen MR) is 109 cm³/mol. The number of hydrogen-bond acceptors (Lipinski definition) is 5. The Morgan fingerprint density at radius 2 is 1.69 bits per heavy atom. The van der Waals surface area contributed by atoms with Gasteiger partial charge in [-0.25, -0.2) is 4.98 Å². The molecule has 1 atom stereocenters. The summed E-state index contributed by atoms with van der Waals surface area (Å²) in [6.45, 7) is 4.41. The van der Waals surface area contributed by atoms with E-state index in [1.54, 1.807) is 14.2 Å². The highest BCUT2D eigenvalue weighted by Crippen LogP contribution is 2.39. The van der Waals surface area contributed by atoms with Crippen LogP contribution in [0.5, 0.6) is 11.5 Å². The molecule has 136 valence electrons. The van der Waals surface area contributed by atoms with Crippen LogP contribution in [-0.4, -0.2) is 57.3 Å². The van der Waals surface area contributed by atoms with E-state index in [9.17, 15) is 0 Å². The van der Waals surface area contributed by atoms with Crippen LogP contribution in [0.4, 0.5) is 5.69 Å². The summed E-state index contributed by atoms with van der Waals surface area (Å²) in [5, 5.41) is 1.33. The second kappa shape index (κ2) is 7.18. The summed E-state index contributed by atoms with van der Waals surface area (Å²) in [5.74, 6) is 1.49. The number of likely N-dealkylation sites (N-methyl/N-ethyl adjacent to an activating group) is 1. The van der Waals surface area contributed by atoms with Gasteiger partial charge in [-0.15, -0.1) is 8.19 Å². The third kappa shape index (κ3) is 3.25. The number of ether oxygens (including phenoxy) is 2. The molecule has 6 heteroatoms. The molecule has 4 rings (SSSR count). The molecule has 2 heterocycles. The molecule has 0 N–H and O–H groups in total. The predicted octanol–water partition coefficient (Wildman–Crippen LogP) is 3.70. The van der Waals surface area contributed by atoms with Gasteiger partial charge in [-0.05, 0) is 43.4 Å². The molecule has 0 aliphatic carbocycles. The second-order valence-corrected chi connectivity index (χ2v) is 7.91. The van der Waals surface area contributed by atoms with Crippen LogP contribution in [0, 0.1) is 0 Å².